The molecule has 17 heteroatoms. The number of rotatable bonds is 18. The number of carbonyl (C=O) groups is 8. The third-order valence-corrected chi connectivity index (χ3v) is 8.47. The minimum atomic E-state index is -4.24. The number of likely N-dealkylation sites (tertiary alicyclic amines) is 1. The largest absolute Gasteiger partial charge is 0.469 e. The summed E-state index contributed by atoms with van der Waals surface area (Å²) in [7, 11) is 1.18. The number of primary amides is 1. The third-order valence-electron chi connectivity index (χ3n) is 8.47. The number of ketones is 1. The van der Waals surface area contributed by atoms with Crippen LogP contribution < -0.4 is 27.0 Å². The van der Waals surface area contributed by atoms with Gasteiger partial charge in [-0.3, -0.25) is 38.4 Å². The number of hydrogen-bond acceptors (Lipinski definition) is 9. The summed E-state index contributed by atoms with van der Waals surface area (Å²) < 4.78 is 35.1. The first-order valence-corrected chi connectivity index (χ1v) is 16.0. The second-order valence-corrected chi connectivity index (χ2v) is 12.5. The molecule has 1 rings (SSSR count). The Kier molecular flexibility index (Phi) is 16.0. The van der Waals surface area contributed by atoms with Crippen LogP contribution in [0.1, 0.15) is 80.6 Å². The zero-order valence-electron chi connectivity index (χ0n) is 28.8. The average molecular weight is 689 g/mol. The van der Waals surface area contributed by atoms with Gasteiger partial charge in [-0.1, -0.05) is 34.1 Å². The Bertz CT molecular complexity index is 1230. The van der Waals surface area contributed by atoms with Gasteiger partial charge >= 0.3 is 11.9 Å². The maximum Gasteiger partial charge on any atom is 0.318 e. The molecule has 1 heterocycles. The fourth-order valence-electron chi connectivity index (χ4n) is 4.92. The highest BCUT2D eigenvalue weighted by Crippen LogP contribution is 2.30. The molecule has 0 aromatic rings. The van der Waals surface area contributed by atoms with E-state index in [1.165, 1.54) is 39.7 Å². The lowest BCUT2D eigenvalue weighted by Crippen LogP contribution is -2.60. The Labute approximate surface area is 279 Å². The number of nitrogens with one attached hydrogen (secondary N) is 4. The van der Waals surface area contributed by atoms with E-state index in [4.69, 9.17) is 5.73 Å². The first kappa shape index (κ1) is 41.8. The van der Waals surface area contributed by atoms with Crippen molar-refractivity contribution in [3.05, 3.63) is 0 Å². The number of methoxy groups -OCH3 is 1. The second-order valence-electron chi connectivity index (χ2n) is 12.5. The van der Waals surface area contributed by atoms with Crippen molar-refractivity contribution in [3.8, 4) is 0 Å². The van der Waals surface area contributed by atoms with Crippen LogP contribution in [0.25, 0.3) is 0 Å². The molecular weight excluding hydrogens is 638 g/mol. The molecule has 1 aliphatic heterocycles. The molecule has 6 amide bonds. The number of hydrogen-bond donors (Lipinski definition) is 5. The molecule has 0 saturated carbocycles. The van der Waals surface area contributed by atoms with Crippen molar-refractivity contribution in [1.29, 1.82) is 0 Å². The van der Waals surface area contributed by atoms with Gasteiger partial charge in [-0.25, -0.2) is 0 Å². The number of carbonyl (C=O) groups excluding carboxylic acids is 8. The van der Waals surface area contributed by atoms with Crippen molar-refractivity contribution in [2.75, 3.05) is 13.7 Å². The molecule has 0 aromatic carbocycles. The maximum absolute atomic E-state index is 15.3. The Morgan fingerprint density at radius 1 is 0.854 bits per heavy atom. The number of alkyl halides is 2. The van der Waals surface area contributed by atoms with Crippen LogP contribution in [0.4, 0.5) is 8.78 Å². The average Bonchev–Trinajstić information content (AvgIpc) is 3.53. The Morgan fingerprint density at radius 3 is 1.98 bits per heavy atom. The summed E-state index contributed by atoms with van der Waals surface area (Å²) in [5.74, 6) is -15.0. The Morgan fingerprint density at radius 2 is 1.46 bits per heavy atom. The maximum atomic E-state index is 15.3. The predicted molar refractivity (Wildman–Crippen MR) is 168 cm³/mol. The Balaban J connectivity index is 3.11. The lowest BCUT2D eigenvalue weighted by Gasteiger charge is -2.33. The number of amides is 6. The van der Waals surface area contributed by atoms with Crippen molar-refractivity contribution in [3.63, 3.8) is 0 Å². The fraction of sp³-hybridized carbons (Fsp3) is 0.742. The van der Waals surface area contributed by atoms with Gasteiger partial charge in [0.15, 0.2) is 0 Å². The predicted octanol–water partition coefficient (Wildman–Crippen LogP) is -0.0625. The van der Waals surface area contributed by atoms with Crippen molar-refractivity contribution < 1.29 is 51.9 Å². The molecule has 0 bridgehead atoms. The lowest BCUT2D eigenvalue weighted by atomic mass is 9.89. The van der Waals surface area contributed by atoms with E-state index < -0.39 is 101 Å². The van der Waals surface area contributed by atoms with Gasteiger partial charge in [0, 0.05) is 13.0 Å². The van der Waals surface area contributed by atoms with Crippen molar-refractivity contribution in [2.24, 2.45) is 23.5 Å². The van der Waals surface area contributed by atoms with Crippen molar-refractivity contribution in [2.45, 2.75) is 117 Å². The normalized spacial score (nSPS) is 18.4. The van der Waals surface area contributed by atoms with Gasteiger partial charge in [0.25, 0.3) is 0 Å². The van der Waals surface area contributed by atoms with Gasteiger partial charge < -0.3 is 36.6 Å². The smallest absolute Gasteiger partial charge is 0.318 e. The van der Waals surface area contributed by atoms with E-state index in [0.717, 1.165) is 6.92 Å². The third kappa shape index (κ3) is 11.2. The fourth-order valence-corrected chi connectivity index (χ4v) is 4.92. The zero-order chi connectivity index (χ0) is 37.1. The van der Waals surface area contributed by atoms with Crippen LogP contribution in [0.15, 0.2) is 0 Å². The molecule has 1 fully saturated rings. The molecule has 7 unspecified atom stereocenters. The van der Waals surface area contributed by atoms with Crippen LogP contribution in [-0.2, 0) is 43.1 Å². The molecular formula is C31H50F2N6O9. The number of esters is 1. The van der Waals surface area contributed by atoms with Crippen LogP contribution in [0.5, 0.6) is 0 Å². The first-order valence-electron chi connectivity index (χ1n) is 16.0. The minimum Gasteiger partial charge on any atom is -0.469 e. The lowest BCUT2D eigenvalue weighted by molar-refractivity contribution is -0.161. The van der Waals surface area contributed by atoms with E-state index in [1.54, 1.807) is 13.8 Å². The van der Waals surface area contributed by atoms with E-state index in [2.05, 4.69) is 20.7 Å². The molecule has 6 N–H and O–H groups in total. The van der Waals surface area contributed by atoms with Crippen LogP contribution in [0, 0.1) is 17.8 Å². The van der Waals surface area contributed by atoms with Gasteiger partial charge in [0.1, 0.15) is 30.1 Å². The monoisotopic (exact) mass is 688 g/mol. The van der Waals surface area contributed by atoms with E-state index in [1.807, 2.05) is 5.32 Å². The molecule has 1 aliphatic rings. The van der Waals surface area contributed by atoms with Gasteiger partial charge in [-0.2, -0.15) is 8.78 Å². The molecule has 272 valence electrons. The van der Waals surface area contributed by atoms with Gasteiger partial charge in [-0.05, 0) is 45.4 Å². The van der Waals surface area contributed by atoms with Gasteiger partial charge in [-0.15, -0.1) is 0 Å². The highest BCUT2D eigenvalue weighted by molar-refractivity contribution is 6.00. The Hall–Kier alpha value is -4.18. The summed E-state index contributed by atoms with van der Waals surface area (Å²) in [5.41, 5.74) is 5.08. The molecule has 1 saturated heterocycles. The number of nitrogens with two attached hydrogens (primary N) is 1. The van der Waals surface area contributed by atoms with E-state index in [-0.39, 0.29) is 25.8 Å². The van der Waals surface area contributed by atoms with Crippen LogP contribution in [-0.4, -0.2) is 102 Å². The molecule has 48 heavy (non-hydrogen) atoms. The minimum absolute atomic E-state index is 0.116. The molecule has 0 radical (unpaired) electrons. The number of Topliss-reactive ketones (excluding diaryl/α,β-unsaturated/α-hetero) is 1. The highest BCUT2D eigenvalue weighted by atomic mass is 19.3. The second kappa shape index (κ2) is 18.4. The van der Waals surface area contributed by atoms with Crippen molar-refractivity contribution in [1.82, 2.24) is 26.2 Å². The molecule has 7 atom stereocenters. The number of ether oxygens (including phenoxy) is 1. The quantitative estimate of drug-likeness (QED) is 0.122. The summed E-state index contributed by atoms with van der Waals surface area (Å²) in [4.78, 5) is 102. The summed E-state index contributed by atoms with van der Waals surface area (Å²) in [6, 6.07) is -6.32. The number of nitrogens with zero attached hydrogens (tertiary/aromatic N) is 1. The first-order chi connectivity index (χ1) is 22.2. The topological polar surface area (TPSA) is 223 Å². The summed E-state index contributed by atoms with van der Waals surface area (Å²) in [6.07, 6.45) is 0.585. The standard InChI is InChI=1S/C31H50F2N6O9/c1-9-16(4)24(38-28(45)19(7)35-21(40)12-13-22(41)48-8)30(47)39-14-10-11-20(39)29(46)37-23(15(2)3)25(42)31(32,33)17(5)27(44)36-18(6)26(34)43/h15-20,23-24H,9-14H2,1-8H3,(H2,34,43)(H,35,40)(H,36,44)(H,37,46)(H,38,45). The molecule has 15 nitrogen and oxygen atoms in total. The van der Waals surface area contributed by atoms with E-state index in [9.17, 15) is 38.4 Å². The van der Waals surface area contributed by atoms with Crippen LogP contribution in [0.3, 0.4) is 0 Å². The summed E-state index contributed by atoms with van der Waals surface area (Å²) in [6.45, 7) is 9.89. The van der Waals surface area contributed by atoms with E-state index in [0.29, 0.717) is 12.8 Å². The van der Waals surface area contributed by atoms with E-state index >= 15 is 8.78 Å². The number of halogens is 2. The summed E-state index contributed by atoms with van der Waals surface area (Å²) >= 11 is 0. The molecule has 0 aliphatic carbocycles. The van der Waals surface area contributed by atoms with Gasteiger partial charge in [0.2, 0.25) is 41.2 Å². The van der Waals surface area contributed by atoms with Gasteiger partial charge in [0.05, 0.1) is 19.6 Å². The SMILES string of the molecule is CCC(C)C(NC(=O)C(C)NC(=O)CCC(=O)OC)C(=O)N1CCCC1C(=O)NC(C(=O)C(F)(F)C(C)C(=O)NC(C)C(N)=O)C(C)C. The molecule has 0 spiro atoms. The van der Waals surface area contributed by atoms with Crippen LogP contribution >= 0.6 is 0 Å². The zero-order valence-corrected chi connectivity index (χ0v) is 28.8. The van der Waals surface area contributed by atoms with Crippen LogP contribution in [0.2, 0.25) is 0 Å². The highest BCUT2D eigenvalue weighted by Gasteiger charge is 2.52. The summed E-state index contributed by atoms with van der Waals surface area (Å²) in [5, 5.41) is 9.48. The molecule has 0 aromatic heterocycles. The van der Waals surface area contributed by atoms with Crippen molar-refractivity contribution >= 4 is 47.2 Å².